The van der Waals surface area contributed by atoms with Crippen LogP contribution < -0.4 is 0 Å². The van der Waals surface area contributed by atoms with Gasteiger partial charge in [0.15, 0.2) is 11.6 Å². The molecule has 3 aromatic rings. The number of nitrogens with zero attached hydrogens (tertiary/aromatic N) is 2. The van der Waals surface area contributed by atoms with Crippen LogP contribution in [0.15, 0.2) is 59.3 Å². The lowest BCUT2D eigenvalue weighted by atomic mass is 10.2. The molecule has 0 amide bonds. The highest BCUT2D eigenvalue weighted by molar-refractivity contribution is 9.10. The van der Waals surface area contributed by atoms with Crippen molar-refractivity contribution in [1.82, 2.24) is 9.55 Å². The molecule has 0 N–H and O–H groups in total. The summed E-state index contributed by atoms with van der Waals surface area (Å²) in [6.45, 7) is 0.605. The first-order valence-electron chi connectivity index (χ1n) is 6.34. The second kappa shape index (κ2) is 5.77. The van der Waals surface area contributed by atoms with Crippen molar-refractivity contribution in [2.45, 2.75) is 6.54 Å². The number of hydrogen-bond acceptors (Lipinski definition) is 1. The van der Waals surface area contributed by atoms with Gasteiger partial charge in [-0.25, -0.2) is 13.8 Å². The van der Waals surface area contributed by atoms with Gasteiger partial charge in [0.1, 0.15) is 5.82 Å². The van der Waals surface area contributed by atoms with Gasteiger partial charge in [-0.15, -0.1) is 0 Å². The van der Waals surface area contributed by atoms with E-state index in [1.807, 2.05) is 35.0 Å². The fraction of sp³-hybridized carbons (Fsp3) is 0.0625. The van der Waals surface area contributed by atoms with Crippen LogP contribution >= 0.6 is 15.9 Å². The van der Waals surface area contributed by atoms with E-state index in [9.17, 15) is 8.78 Å². The molecule has 0 aliphatic carbocycles. The molecule has 0 aliphatic heterocycles. The molecule has 3 rings (SSSR count). The Hall–Kier alpha value is -2.01. The van der Waals surface area contributed by atoms with Gasteiger partial charge < -0.3 is 4.57 Å². The highest BCUT2D eigenvalue weighted by Gasteiger charge is 2.10. The van der Waals surface area contributed by atoms with E-state index in [1.54, 1.807) is 6.20 Å². The third kappa shape index (κ3) is 3.03. The number of hydrogen-bond donors (Lipinski definition) is 0. The average molecular weight is 349 g/mol. The summed E-state index contributed by atoms with van der Waals surface area (Å²) >= 11 is 3.43. The van der Waals surface area contributed by atoms with Crippen LogP contribution in [0.3, 0.4) is 0 Å². The molecule has 1 aromatic heterocycles. The van der Waals surface area contributed by atoms with Gasteiger partial charge in [0.05, 0.1) is 0 Å². The molecule has 2 aromatic carbocycles. The summed E-state index contributed by atoms with van der Waals surface area (Å²) in [6.07, 6.45) is 3.46. The van der Waals surface area contributed by atoms with Gasteiger partial charge in [-0.2, -0.15) is 0 Å². The Bertz CT molecular complexity index is 783. The zero-order chi connectivity index (χ0) is 14.8. The monoisotopic (exact) mass is 348 g/mol. The predicted octanol–water partition coefficient (Wildman–Crippen LogP) is 4.64. The zero-order valence-corrected chi connectivity index (χ0v) is 12.5. The third-order valence-corrected chi connectivity index (χ3v) is 3.63. The van der Waals surface area contributed by atoms with Crippen molar-refractivity contribution in [1.29, 1.82) is 0 Å². The second-order valence-corrected chi connectivity index (χ2v) is 5.55. The number of benzene rings is 2. The fourth-order valence-corrected chi connectivity index (χ4v) is 2.61. The molecule has 0 spiro atoms. The summed E-state index contributed by atoms with van der Waals surface area (Å²) in [5.41, 5.74) is 1.64. The maximum atomic E-state index is 13.4. The number of rotatable bonds is 3. The van der Waals surface area contributed by atoms with Gasteiger partial charge in [-0.05, 0) is 35.9 Å². The Labute approximate surface area is 129 Å². The minimum atomic E-state index is -0.871. The van der Waals surface area contributed by atoms with Crippen molar-refractivity contribution in [3.8, 4) is 11.4 Å². The maximum Gasteiger partial charge on any atom is 0.159 e. The second-order valence-electron chi connectivity index (χ2n) is 4.64. The van der Waals surface area contributed by atoms with E-state index in [4.69, 9.17) is 0 Å². The molecule has 0 aliphatic rings. The molecule has 0 radical (unpaired) electrons. The molecule has 0 saturated carbocycles. The average Bonchev–Trinajstić information content (AvgIpc) is 2.90. The molecule has 0 saturated heterocycles. The Balaban J connectivity index is 1.95. The Morgan fingerprint density at radius 3 is 2.67 bits per heavy atom. The molecule has 106 valence electrons. The van der Waals surface area contributed by atoms with Crippen LogP contribution in [0.4, 0.5) is 8.78 Å². The van der Waals surface area contributed by atoms with Crippen LogP contribution in [0.1, 0.15) is 5.56 Å². The Kier molecular flexibility index (Phi) is 3.84. The van der Waals surface area contributed by atoms with Crippen LogP contribution in [0.5, 0.6) is 0 Å². The Morgan fingerprint density at radius 1 is 1.05 bits per heavy atom. The quantitative estimate of drug-likeness (QED) is 0.674. The van der Waals surface area contributed by atoms with Crippen molar-refractivity contribution in [3.63, 3.8) is 0 Å². The Morgan fingerprint density at radius 2 is 1.90 bits per heavy atom. The molecule has 0 fully saturated rings. The highest BCUT2D eigenvalue weighted by atomic mass is 79.9. The lowest BCUT2D eigenvalue weighted by Crippen LogP contribution is -2.01. The molecular weight excluding hydrogens is 338 g/mol. The molecule has 5 heteroatoms. The SMILES string of the molecule is Fc1ccc(-c2nccn2Cc2cccc(Br)c2)cc1F. The summed E-state index contributed by atoms with van der Waals surface area (Å²) in [7, 11) is 0. The normalized spacial score (nSPS) is 10.8. The van der Waals surface area contributed by atoms with E-state index in [-0.39, 0.29) is 0 Å². The molecule has 0 unspecified atom stereocenters. The van der Waals surface area contributed by atoms with Gasteiger partial charge in [0, 0.05) is 29.0 Å². The summed E-state index contributed by atoms with van der Waals surface area (Å²) in [6, 6.07) is 11.7. The van der Waals surface area contributed by atoms with E-state index >= 15 is 0 Å². The fourth-order valence-electron chi connectivity index (χ4n) is 2.16. The van der Waals surface area contributed by atoms with E-state index in [0.29, 0.717) is 17.9 Å². The van der Waals surface area contributed by atoms with Crippen molar-refractivity contribution >= 4 is 15.9 Å². The first kappa shape index (κ1) is 13.9. The van der Waals surface area contributed by atoms with Crippen molar-refractivity contribution < 1.29 is 8.78 Å². The summed E-state index contributed by atoms with van der Waals surface area (Å²) in [4.78, 5) is 4.24. The smallest absolute Gasteiger partial charge is 0.159 e. The van der Waals surface area contributed by atoms with Gasteiger partial charge in [-0.3, -0.25) is 0 Å². The van der Waals surface area contributed by atoms with Crippen molar-refractivity contribution in [3.05, 3.63) is 76.5 Å². The lowest BCUT2D eigenvalue weighted by Gasteiger charge is -2.09. The standard InChI is InChI=1S/C16H11BrF2N2/c17-13-3-1-2-11(8-13)10-21-7-6-20-16(21)12-4-5-14(18)15(19)9-12/h1-9H,10H2. The maximum absolute atomic E-state index is 13.4. The summed E-state index contributed by atoms with van der Waals surface area (Å²) in [5.74, 6) is -1.12. The number of imidazole rings is 1. The van der Waals surface area contributed by atoms with E-state index in [0.717, 1.165) is 22.2 Å². The molecule has 0 atom stereocenters. The minimum Gasteiger partial charge on any atom is -0.327 e. The van der Waals surface area contributed by atoms with Crippen molar-refractivity contribution in [2.75, 3.05) is 0 Å². The van der Waals surface area contributed by atoms with E-state index in [1.165, 1.54) is 6.07 Å². The van der Waals surface area contributed by atoms with Crippen LogP contribution in [0.2, 0.25) is 0 Å². The van der Waals surface area contributed by atoms with Gasteiger partial charge in [-0.1, -0.05) is 28.1 Å². The topological polar surface area (TPSA) is 17.8 Å². The third-order valence-electron chi connectivity index (χ3n) is 3.14. The lowest BCUT2D eigenvalue weighted by molar-refractivity contribution is 0.509. The number of aromatic nitrogens is 2. The highest BCUT2D eigenvalue weighted by Crippen LogP contribution is 2.21. The molecule has 0 bridgehead atoms. The van der Waals surface area contributed by atoms with Crippen LogP contribution in [-0.4, -0.2) is 9.55 Å². The first-order chi connectivity index (χ1) is 10.1. The molecule has 2 nitrogen and oxygen atoms in total. The molecule has 21 heavy (non-hydrogen) atoms. The summed E-state index contributed by atoms with van der Waals surface area (Å²) in [5, 5.41) is 0. The van der Waals surface area contributed by atoms with Crippen LogP contribution in [0, 0.1) is 11.6 Å². The minimum absolute atomic E-state index is 0.550. The van der Waals surface area contributed by atoms with Crippen LogP contribution in [0.25, 0.3) is 11.4 Å². The summed E-state index contributed by atoms with van der Waals surface area (Å²) < 4.78 is 29.3. The largest absolute Gasteiger partial charge is 0.327 e. The van der Waals surface area contributed by atoms with E-state index in [2.05, 4.69) is 20.9 Å². The van der Waals surface area contributed by atoms with E-state index < -0.39 is 11.6 Å². The molecule has 1 heterocycles. The van der Waals surface area contributed by atoms with Crippen LogP contribution in [-0.2, 0) is 6.54 Å². The van der Waals surface area contributed by atoms with Gasteiger partial charge in [0.2, 0.25) is 0 Å². The molecular formula is C16H11BrF2N2. The first-order valence-corrected chi connectivity index (χ1v) is 7.14. The zero-order valence-electron chi connectivity index (χ0n) is 10.9. The van der Waals surface area contributed by atoms with Gasteiger partial charge >= 0.3 is 0 Å². The van der Waals surface area contributed by atoms with Crippen molar-refractivity contribution in [2.24, 2.45) is 0 Å². The number of halogens is 3. The van der Waals surface area contributed by atoms with Gasteiger partial charge in [0.25, 0.3) is 0 Å². The predicted molar refractivity (Wildman–Crippen MR) is 80.8 cm³/mol.